The van der Waals surface area contributed by atoms with E-state index < -0.39 is 22.0 Å². The highest BCUT2D eigenvalue weighted by Crippen LogP contribution is 2.30. The summed E-state index contributed by atoms with van der Waals surface area (Å²) < 4.78 is 36.6. The molecule has 1 amide bonds. The van der Waals surface area contributed by atoms with Gasteiger partial charge in [-0.25, -0.2) is 13.8 Å². The van der Waals surface area contributed by atoms with Crippen LogP contribution >= 0.6 is 0 Å². The first-order valence-corrected chi connectivity index (χ1v) is 10.9. The molecule has 0 spiro atoms. The molecule has 0 saturated heterocycles. The summed E-state index contributed by atoms with van der Waals surface area (Å²) in [5.74, 6) is 0.739. The Kier molecular flexibility index (Phi) is 6.07. The summed E-state index contributed by atoms with van der Waals surface area (Å²) in [6, 6.07) is 12.9. The monoisotopic (exact) mass is 417 g/mol. The molecule has 0 aliphatic carbocycles. The molecule has 1 N–H and O–H groups in total. The van der Waals surface area contributed by atoms with Gasteiger partial charge in [0, 0.05) is 5.56 Å². The number of amides is 1. The van der Waals surface area contributed by atoms with Gasteiger partial charge in [0.2, 0.25) is 10.0 Å². The summed E-state index contributed by atoms with van der Waals surface area (Å²) >= 11 is 0. The summed E-state index contributed by atoms with van der Waals surface area (Å²) in [6.45, 7) is 4.23. The Balaban J connectivity index is 1.76. The first-order valence-electron chi connectivity index (χ1n) is 9.06. The number of benzene rings is 2. The molecule has 9 heteroatoms. The van der Waals surface area contributed by atoms with Gasteiger partial charge in [-0.1, -0.05) is 18.2 Å². The third-order valence-electron chi connectivity index (χ3n) is 4.39. The number of nitrogens with zero attached hydrogens (tertiary/aromatic N) is 2. The lowest BCUT2D eigenvalue weighted by Gasteiger charge is -2.27. The van der Waals surface area contributed by atoms with Crippen molar-refractivity contribution in [1.82, 2.24) is 5.43 Å². The van der Waals surface area contributed by atoms with Crippen molar-refractivity contribution in [1.29, 1.82) is 0 Å². The summed E-state index contributed by atoms with van der Waals surface area (Å²) in [6.07, 6.45) is 1.06. The van der Waals surface area contributed by atoms with Gasteiger partial charge in [-0.05, 0) is 44.2 Å². The number of nitrogens with one attached hydrogen (secondary N) is 1. The minimum absolute atomic E-state index is 0.408. The topological polar surface area (TPSA) is 97.3 Å². The van der Waals surface area contributed by atoms with Gasteiger partial charge >= 0.3 is 0 Å². The van der Waals surface area contributed by atoms with Gasteiger partial charge in [0.1, 0.15) is 19.3 Å². The molecule has 1 atom stereocenters. The molecule has 1 aliphatic rings. The molecule has 1 heterocycles. The number of rotatable bonds is 6. The Labute approximate surface area is 170 Å². The number of sulfonamides is 1. The summed E-state index contributed by atoms with van der Waals surface area (Å²) in [4.78, 5) is 12.6. The van der Waals surface area contributed by atoms with Crippen LogP contribution in [0.2, 0.25) is 0 Å². The zero-order valence-electron chi connectivity index (χ0n) is 16.5. The molecule has 1 unspecified atom stereocenters. The summed E-state index contributed by atoms with van der Waals surface area (Å²) in [5.41, 5.74) is 4.17. The predicted molar refractivity (Wildman–Crippen MR) is 111 cm³/mol. The van der Waals surface area contributed by atoms with Crippen molar-refractivity contribution in [2.75, 3.05) is 23.8 Å². The second kappa shape index (κ2) is 8.52. The van der Waals surface area contributed by atoms with E-state index in [0.29, 0.717) is 36.1 Å². The van der Waals surface area contributed by atoms with E-state index in [4.69, 9.17) is 9.47 Å². The number of hydrogen-bond acceptors (Lipinski definition) is 6. The number of para-hydroxylation sites is 1. The number of hydrogen-bond donors (Lipinski definition) is 1. The van der Waals surface area contributed by atoms with Crippen LogP contribution in [0.4, 0.5) is 5.69 Å². The van der Waals surface area contributed by atoms with Gasteiger partial charge in [-0.3, -0.25) is 9.10 Å². The van der Waals surface area contributed by atoms with E-state index in [0.717, 1.165) is 16.1 Å². The highest BCUT2D eigenvalue weighted by Gasteiger charge is 2.29. The smallest absolute Gasteiger partial charge is 0.263 e. The quantitative estimate of drug-likeness (QED) is 0.574. The molecule has 0 saturated carbocycles. The maximum atomic E-state index is 12.6. The van der Waals surface area contributed by atoms with Crippen molar-refractivity contribution in [3.63, 3.8) is 0 Å². The van der Waals surface area contributed by atoms with E-state index in [9.17, 15) is 13.2 Å². The number of hydrazone groups is 1. The second-order valence-electron chi connectivity index (χ2n) is 6.60. The van der Waals surface area contributed by atoms with Gasteiger partial charge in [-0.2, -0.15) is 5.10 Å². The average Bonchev–Trinajstić information content (AvgIpc) is 2.71. The first-order chi connectivity index (χ1) is 13.8. The molecule has 1 aliphatic heterocycles. The Hall–Kier alpha value is -3.07. The molecule has 0 fully saturated rings. The highest BCUT2D eigenvalue weighted by molar-refractivity contribution is 7.92. The van der Waals surface area contributed by atoms with E-state index in [1.54, 1.807) is 49.4 Å². The lowest BCUT2D eigenvalue weighted by atomic mass is 10.1. The van der Waals surface area contributed by atoms with Gasteiger partial charge < -0.3 is 9.47 Å². The zero-order chi connectivity index (χ0) is 21.0. The van der Waals surface area contributed by atoms with Gasteiger partial charge in [0.05, 0.1) is 17.7 Å². The average molecular weight is 417 g/mol. The van der Waals surface area contributed by atoms with E-state index in [1.165, 1.54) is 6.92 Å². The number of anilines is 1. The number of carbonyl (C=O) groups is 1. The molecule has 29 heavy (non-hydrogen) atoms. The van der Waals surface area contributed by atoms with Crippen LogP contribution in [-0.4, -0.2) is 45.5 Å². The van der Waals surface area contributed by atoms with Crippen LogP contribution in [0.25, 0.3) is 0 Å². The van der Waals surface area contributed by atoms with Crippen LogP contribution in [0.3, 0.4) is 0 Å². The first kappa shape index (κ1) is 20.7. The van der Waals surface area contributed by atoms with Crippen LogP contribution in [-0.2, 0) is 14.8 Å². The lowest BCUT2D eigenvalue weighted by Crippen LogP contribution is -2.46. The Morgan fingerprint density at radius 1 is 1.10 bits per heavy atom. The Morgan fingerprint density at radius 3 is 2.41 bits per heavy atom. The van der Waals surface area contributed by atoms with E-state index in [2.05, 4.69) is 10.5 Å². The normalized spacial score (nSPS) is 14.8. The Morgan fingerprint density at radius 2 is 1.76 bits per heavy atom. The maximum absolute atomic E-state index is 12.6. The number of fused-ring (bicyclic) bond motifs is 1. The molecule has 154 valence electrons. The highest BCUT2D eigenvalue weighted by atomic mass is 32.2. The molecule has 0 aromatic heterocycles. The minimum atomic E-state index is -3.67. The van der Waals surface area contributed by atoms with Crippen LogP contribution in [0.15, 0.2) is 53.6 Å². The van der Waals surface area contributed by atoms with E-state index >= 15 is 0 Å². The molecular formula is C20H23N3O5S. The second-order valence-corrected chi connectivity index (χ2v) is 8.46. The number of ether oxygens (including phenoxy) is 2. The fraction of sp³-hybridized carbons (Fsp3) is 0.300. The maximum Gasteiger partial charge on any atom is 0.263 e. The lowest BCUT2D eigenvalue weighted by molar-refractivity contribution is -0.121. The summed E-state index contributed by atoms with van der Waals surface area (Å²) in [5, 5.41) is 4.12. The predicted octanol–water partition coefficient (Wildman–Crippen LogP) is 2.15. The van der Waals surface area contributed by atoms with Crippen molar-refractivity contribution in [2.24, 2.45) is 5.10 Å². The fourth-order valence-electron chi connectivity index (χ4n) is 2.95. The van der Waals surface area contributed by atoms with Crippen LogP contribution in [0.1, 0.15) is 19.4 Å². The summed E-state index contributed by atoms with van der Waals surface area (Å²) in [7, 11) is -3.67. The molecule has 8 nitrogen and oxygen atoms in total. The standard InChI is InChI=1S/C20H23N3O5S/c1-14(16-9-10-18-19(13-16)28-12-11-27-18)21-22-20(24)15(2)23(29(3,25)26)17-7-5-4-6-8-17/h4-10,13,15H,11-12H2,1-3H3,(H,22,24)/b21-14+. The van der Waals surface area contributed by atoms with Crippen LogP contribution in [0, 0.1) is 0 Å². The van der Waals surface area contributed by atoms with Gasteiger partial charge in [0.15, 0.2) is 11.5 Å². The molecule has 3 rings (SSSR count). The molecule has 0 bridgehead atoms. The SMILES string of the molecule is C/C(=N\NC(=O)C(C)N(c1ccccc1)S(C)(=O)=O)c1ccc2c(c1)OCCO2. The van der Waals surface area contributed by atoms with Crippen molar-refractivity contribution >= 4 is 27.3 Å². The third kappa shape index (κ3) is 4.86. The van der Waals surface area contributed by atoms with Crippen LogP contribution in [0.5, 0.6) is 11.5 Å². The van der Waals surface area contributed by atoms with E-state index in [1.807, 2.05) is 6.07 Å². The molecule has 2 aromatic rings. The minimum Gasteiger partial charge on any atom is -0.486 e. The van der Waals surface area contributed by atoms with Gasteiger partial charge in [0.25, 0.3) is 5.91 Å². The molecule has 2 aromatic carbocycles. The Bertz CT molecular complexity index is 1020. The largest absolute Gasteiger partial charge is 0.486 e. The van der Waals surface area contributed by atoms with E-state index in [-0.39, 0.29) is 0 Å². The van der Waals surface area contributed by atoms with Crippen molar-refractivity contribution < 1.29 is 22.7 Å². The number of carbonyl (C=O) groups excluding carboxylic acids is 1. The van der Waals surface area contributed by atoms with Crippen molar-refractivity contribution in [3.05, 3.63) is 54.1 Å². The third-order valence-corrected chi connectivity index (χ3v) is 5.63. The van der Waals surface area contributed by atoms with Crippen LogP contribution < -0.4 is 19.2 Å². The fourth-order valence-corrected chi connectivity index (χ4v) is 4.12. The van der Waals surface area contributed by atoms with Gasteiger partial charge in [-0.15, -0.1) is 0 Å². The van der Waals surface area contributed by atoms with Crippen molar-refractivity contribution in [2.45, 2.75) is 19.9 Å². The molecule has 0 radical (unpaired) electrons. The van der Waals surface area contributed by atoms with Crippen molar-refractivity contribution in [3.8, 4) is 11.5 Å². The molecular weight excluding hydrogens is 394 g/mol. The zero-order valence-corrected chi connectivity index (χ0v) is 17.3.